The second kappa shape index (κ2) is 5.94. The lowest BCUT2D eigenvalue weighted by Gasteiger charge is -2.19. The highest BCUT2D eigenvalue weighted by Gasteiger charge is 2.27. The van der Waals surface area contributed by atoms with Crippen molar-refractivity contribution in [3.05, 3.63) is 58.4 Å². The number of benzene rings is 2. The first-order chi connectivity index (χ1) is 10.6. The summed E-state index contributed by atoms with van der Waals surface area (Å²) in [5, 5.41) is 3.20. The van der Waals surface area contributed by atoms with Gasteiger partial charge in [0.2, 0.25) is 5.91 Å². The molecule has 1 N–H and O–H groups in total. The molecule has 1 heterocycles. The van der Waals surface area contributed by atoms with Gasteiger partial charge in [0.15, 0.2) is 11.6 Å². The standard InChI is InChI=1S/C16H13ClFNO3/c1-21-13-4-2-3-10(15(13)18)16-11-7-9(17)5-6-12(11)19-14(20)8-22-16/h2-7,16H,8H2,1H3,(H,19,20)/t16-/m1/s1. The number of hydrogen-bond acceptors (Lipinski definition) is 3. The van der Waals surface area contributed by atoms with Crippen LogP contribution in [0.1, 0.15) is 17.2 Å². The van der Waals surface area contributed by atoms with Gasteiger partial charge >= 0.3 is 0 Å². The lowest BCUT2D eigenvalue weighted by atomic mass is 9.99. The van der Waals surface area contributed by atoms with E-state index in [-0.39, 0.29) is 18.3 Å². The molecule has 22 heavy (non-hydrogen) atoms. The average Bonchev–Trinajstić information content (AvgIpc) is 2.66. The van der Waals surface area contributed by atoms with Crippen molar-refractivity contribution in [3.63, 3.8) is 0 Å². The molecule has 1 amide bonds. The van der Waals surface area contributed by atoms with Crippen LogP contribution in [0.5, 0.6) is 5.75 Å². The van der Waals surface area contributed by atoms with Crippen LogP contribution >= 0.6 is 11.6 Å². The van der Waals surface area contributed by atoms with Crippen molar-refractivity contribution < 1.29 is 18.7 Å². The summed E-state index contributed by atoms with van der Waals surface area (Å²) in [6.07, 6.45) is -0.747. The van der Waals surface area contributed by atoms with E-state index in [1.165, 1.54) is 13.2 Å². The van der Waals surface area contributed by atoms with Crippen molar-refractivity contribution in [1.82, 2.24) is 0 Å². The third kappa shape index (κ3) is 2.65. The summed E-state index contributed by atoms with van der Waals surface area (Å²) in [6.45, 7) is -0.173. The Morgan fingerprint density at radius 2 is 2.14 bits per heavy atom. The van der Waals surface area contributed by atoms with Crippen LogP contribution < -0.4 is 10.1 Å². The molecule has 2 aromatic rings. The molecular weight excluding hydrogens is 309 g/mol. The van der Waals surface area contributed by atoms with Gasteiger partial charge in [-0.15, -0.1) is 0 Å². The monoisotopic (exact) mass is 321 g/mol. The van der Waals surface area contributed by atoms with Gasteiger partial charge in [0.1, 0.15) is 12.7 Å². The number of halogens is 2. The van der Waals surface area contributed by atoms with Crippen molar-refractivity contribution in [2.45, 2.75) is 6.10 Å². The molecule has 0 unspecified atom stereocenters. The Morgan fingerprint density at radius 1 is 1.32 bits per heavy atom. The molecule has 1 atom stereocenters. The predicted octanol–water partition coefficient (Wildman–Crippen LogP) is 3.55. The van der Waals surface area contributed by atoms with Crippen molar-refractivity contribution in [2.24, 2.45) is 0 Å². The number of nitrogens with one attached hydrogen (secondary N) is 1. The summed E-state index contributed by atoms with van der Waals surface area (Å²) in [6, 6.07) is 9.79. The van der Waals surface area contributed by atoms with Crippen LogP contribution in [-0.4, -0.2) is 19.6 Å². The number of methoxy groups -OCH3 is 1. The molecule has 0 radical (unpaired) electrons. The van der Waals surface area contributed by atoms with Crippen LogP contribution in [0.3, 0.4) is 0 Å². The molecule has 0 saturated carbocycles. The molecule has 1 aliphatic heterocycles. The summed E-state index contributed by atoms with van der Waals surface area (Å²) in [5.74, 6) is -0.696. The summed E-state index contributed by atoms with van der Waals surface area (Å²) < 4.78 is 25.1. The third-order valence-corrected chi connectivity index (χ3v) is 3.68. The van der Waals surface area contributed by atoms with Gasteiger partial charge in [-0.25, -0.2) is 4.39 Å². The van der Waals surface area contributed by atoms with Gasteiger partial charge in [0.05, 0.1) is 7.11 Å². The minimum atomic E-state index is -0.747. The Balaban J connectivity index is 2.15. The molecule has 2 aromatic carbocycles. The minimum absolute atomic E-state index is 0.119. The van der Waals surface area contributed by atoms with Gasteiger partial charge in [-0.05, 0) is 24.3 Å². The van der Waals surface area contributed by atoms with Crippen molar-refractivity contribution in [3.8, 4) is 5.75 Å². The summed E-state index contributed by atoms with van der Waals surface area (Å²) >= 11 is 6.03. The van der Waals surface area contributed by atoms with Crippen molar-refractivity contribution in [1.29, 1.82) is 0 Å². The highest BCUT2D eigenvalue weighted by Crippen LogP contribution is 2.38. The Bertz CT molecular complexity index is 735. The number of hydrogen-bond donors (Lipinski definition) is 1. The van der Waals surface area contributed by atoms with E-state index < -0.39 is 11.9 Å². The largest absolute Gasteiger partial charge is 0.494 e. The number of anilines is 1. The summed E-state index contributed by atoms with van der Waals surface area (Å²) in [7, 11) is 1.39. The van der Waals surface area contributed by atoms with E-state index in [0.717, 1.165) is 0 Å². The van der Waals surface area contributed by atoms with Gasteiger partial charge in [0.25, 0.3) is 0 Å². The second-order valence-electron chi connectivity index (χ2n) is 4.83. The quantitative estimate of drug-likeness (QED) is 0.920. The van der Waals surface area contributed by atoms with E-state index in [9.17, 15) is 9.18 Å². The van der Waals surface area contributed by atoms with Crippen molar-refractivity contribution in [2.75, 3.05) is 19.0 Å². The molecule has 0 fully saturated rings. The van der Waals surface area contributed by atoms with Crippen LogP contribution in [0.4, 0.5) is 10.1 Å². The zero-order valence-electron chi connectivity index (χ0n) is 11.7. The molecular formula is C16H13ClFNO3. The van der Waals surface area contributed by atoms with Gasteiger partial charge < -0.3 is 14.8 Å². The topological polar surface area (TPSA) is 47.6 Å². The molecule has 114 valence electrons. The van der Waals surface area contributed by atoms with Crippen molar-refractivity contribution >= 4 is 23.2 Å². The van der Waals surface area contributed by atoms with Crippen LogP contribution in [0, 0.1) is 5.82 Å². The molecule has 0 spiro atoms. The van der Waals surface area contributed by atoms with E-state index in [2.05, 4.69) is 5.32 Å². The lowest BCUT2D eigenvalue weighted by Crippen LogP contribution is -2.16. The van der Waals surface area contributed by atoms with Crippen LogP contribution in [-0.2, 0) is 9.53 Å². The first-order valence-electron chi connectivity index (χ1n) is 6.63. The molecule has 4 nitrogen and oxygen atoms in total. The maximum atomic E-state index is 14.5. The van der Waals surface area contributed by atoms with Crippen LogP contribution in [0.25, 0.3) is 0 Å². The first kappa shape index (κ1) is 14.8. The number of amides is 1. The van der Waals surface area contributed by atoms with E-state index in [4.69, 9.17) is 21.1 Å². The fourth-order valence-electron chi connectivity index (χ4n) is 2.44. The van der Waals surface area contributed by atoms with E-state index in [1.807, 2.05) is 0 Å². The maximum Gasteiger partial charge on any atom is 0.250 e. The van der Waals surface area contributed by atoms with Gasteiger partial charge in [-0.2, -0.15) is 0 Å². The van der Waals surface area contributed by atoms with Gasteiger partial charge in [-0.3, -0.25) is 4.79 Å². The zero-order chi connectivity index (χ0) is 15.7. The average molecular weight is 322 g/mol. The third-order valence-electron chi connectivity index (χ3n) is 3.45. The highest BCUT2D eigenvalue weighted by atomic mass is 35.5. The zero-order valence-corrected chi connectivity index (χ0v) is 12.5. The molecule has 3 rings (SSSR count). The summed E-state index contributed by atoms with van der Waals surface area (Å²) in [4.78, 5) is 11.7. The molecule has 0 bridgehead atoms. The number of ether oxygens (including phenoxy) is 2. The molecule has 0 aliphatic carbocycles. The first-order valence-corrected chi connectivity index (χ1v) is 7.01. The Kier molecular flexibility index (Phi) is 4.00. The van der Waals surface area contributed by atoms with Gasteiger partial charge in [0, 0.05) is 21.8 Å². The van der Waals surface area contributed by atoms with Crippen LogP contribution in [0.2, 0.25) is 5.02 Å². The normalized spacial score (nSPS) is 17.4. The maximum absolute atomic E-state index is 14.5. The fourth-order valence-corrected chi connectivity index (χ4v) is 2.63. The minimum Gasteiger partial charge on any atom is -0.494 e. The number of carbonyl (C=O) groups excluding carboxylic acids is 1. The Hall–Kier alpha value is -2.11. The van der Waals surface area contributed by atoms with Gasteiger partial charge in [-0.1, -0.05) is 23.7 Å². The highest BCUT2D eigenvalue weighted by molar-refractivity contribution is 6.30. The lowest BCUT2D eigenvalue weighted by molar-refractivity contribution is -0.121. The van der Waals surface area contributed by atoms with E-state index >= 15 is 0 Å². The van der Waals surface area contributed by atoms with E-state index in [1.54, 1.807) is 30.3 Å². The van der Waals surface area contributed by atoms with E-state index in [0.29, 0.717) is 21.8 Å². The number of rotatable bonds is 2. The predicted molar refractivity (Wildman–Crippen MR) is 80.8 cm³/mol. The molecule has 1 aliphatic rings. The summed E-state index contributed by atoms with van der Waals surface area (Å²) in [5.41, 5.74) is 1.45. The Morgan fingerprint density at radius 3 is 2.91 bits per heavy atom. The number of fused-ring (bicyclic) bond motifs is 1. The molecule has 0 saturated heterocycles. The Labute approximate surface area is 131 Å². The molecule has 0 aromatic heterocycles. The molecule has 6 heteroatoms. The second-order valence-corrected chi connectivity index (χ2v) is 5.27. The number of carbonyl (C=O) groups is 1. The SMILES string of the molecule is COc1cccc([C@H]2OCC(=O)Nc3ccc(Cl)cc32)c1F. The van der Waals surface area contributed by atoms with Crippen LogP contribution in [0.15, 0.2) is 36.4 Å². The fraction of sp³-hybridized carbons (Fsp3) is 0.188. The smallest absolute Gasteiger partial charge is 0.250 e.